The minimum atomic E-state index is -0.787. The van der Waals surface area contributed by atoms with Gasteiger partial charge in [-0.05, 0) is 37.6 Å². The van der Waals surface area contributed by atoms with Gasteiger partial charge in [0.2, 0.25) is 5.91 Å². The monoisotopic (exact) mass is 332 g/mol. The summed E-state index contributed by atoms with van der Waals surface area (Å²) in [5.74, 6) is -1.31. The van der Waals surface area contributed by atoms with Gasteiger partial charge < -0.3 is 10.4 Å². The molecule has 2 rings (SSSR count). The third kappa shape index (κ3) is 5.53. The lowest BCUT2D eigenvalue weighted by molar-refractivity contribution is -0.144. The molecule has 1 fully saturated rings. The Morgan fingerprint density at radius 3 is 2.86 bits per heavy atom. The zero-order chi connectivity index (χ0) is 14.5. The van der Waals surface area contributed by atoms with Crippen LogP contribution < -0.4 is 5.32 Å². The van der Waals surface area contributed by atoms with E-state index in [0.29, 0.717) is 23.7 Å². The van der Waals surface area contributed by atoms with Crippen molar-refractivity contribution in [3.8, 4) is 0 Å². The van der Waals surface area contributed by atoms with E-state index in [-0.39, 0.29) is 30.8 Å². The molecule has 1 aliphatic heterocycles. The molecule has 0 radical (unpaired) electrons. The lowest BCUT2D eigenvalue weighted by Crippen LogP contribution is -2.42. The molecule has 0 aromatic heterocycles. The second kappa shape index (κ2) is 8.22. The van der Waals surface area contributed by atoms with Gasteiger partial charge in [0.15, 0.2) is 0 Å². The third-order valence-corrected chi connectivity index (χ3v) is 3.57. The number of nitrogens with one attached hydrogen (secondary N) is 1. The molecule has 1 amide bonds. The Labute approximate surface area is 134 Å². The van der Waals surface area contributed by atoms with E-state index in [4.69, 9.17) is 16.7 Å². The molecule has 2 N–H and O–H groups in total. The second-order valence-corrected chi connectivity index (χ2v) is 5.41. The number of rotatable bonds is 4. The van der Waals surface area contributed by atoms with Gasteiger partial charge in [-0.3, -0.25) is 14.5 Å². The van der Waals surface area contributed by atoms with Gasteiger partial charge in [-0.25, -0.2) is 0 Å². The highest BCUT2D eigenvalue weighted by atomic mass is 35.5. The summed E-state index contributed by atoms with van der Waals surface area (Å²) in [4.78, 5) is 24.8. The average molecular weight is 333 g/mol. The Bertz CT molecular complexity index is 511. The Balaban J connectivity index is 0.00000220. The Kier molecular flexibility index (Phi) is 6.95. The molecule has 0 bridgehead atoms. The molecule has 0 spiro atoms. The number of carboxylic acid groups (broad SMARTS) is 1. The van der Waals surface area contributed by atoms with Crippen molar-refractivity contribution in [3.05, 3.63) is 29.3 Å². The highest BCUT2D eigenvalue weighted by Crippen LogP contribution is 2.17. The summed E-state index contributed by atoms with van der Waals surface area (Å²) in [6.07, 6.45) is 1.49. The highest BCUT2D eigenvalue weighted by molar-refractivity contribution is 6.30. The van der Waals surface area contributed by atoms with Crippen LogP contribution in [0, 0.1) is 5.92 Å². The summed E-state index contributed by atoms with van der Waals surface area (Å²) in [7, 11) is 0. The van der Waals surface area contributed by atoms with Crippen molar-refractivity contribution in [1.29, 1.82) is 0 Å². The molecule has 1 aromatic rings. The fraction of sp³-hybridized carbons (Fsp3) is 0.429. The van der Waals surface area contributed by atoms with Gasteiger partial charge in [0, 0.05) is 17.3 Å². The summed E-state index contributed by atoms with van der Waals surface area (Å²) in [5, 5.41) is 12.3. The molecule has 7 heteroatoms. The first kappa shape index (κ1) is 17.8. The van der Waals surface area contributed by atoms with Gasteiger partial charge in [0.1, 0.15) is 0 Å². The van der Waals surface area contributed by atoms with E-state index < -0.39 is 5.97 Å². The molecule has 1 heterocycles. The Morgan fingerprint density at radius 1 is 1.43 bits per heavy atom. The van der Waals surface area contributed by atoms with Crippen molar-refractivity contribution in [2.45, 2.75) is 12.8 Å². The third-order valence-electron chi connectivity index (χ3n) is 3.33. The van der Waals surface area contributed by atoms with Crippen molar-refractivity contribution in [3.63, 3.8) is 0 Å². The summed E-state index contributed by atoms with van der Waals surface area (Å²) in [5.41, 5.74) is 0.647. The van der Waals surface area contributed by atoms with Gasteiger partial charge in [0.05, 0.1) is 12.5 Å². The molecule has 0 aliphatic carbocycles. The van der Waals surface area contributed by atoms with E-state index in [1.165, 1.54) is 0 Å². The largest absolute Gasteiger partial charge is 0.481 e. The van der Waals surface area contributed by atoms with E-state index in [1.54, 1.807) is 24.3 Å². The second-order valence-electron chi connectivity index (χ2n) is 4.97. The normalized spacial score (nSPS) is 18.6. The minimum absolute atomic E-state index is 0. The highest BCUT2D eigenvalue weighted by Gasteiger charge is 2.26. The van der Waals surface area contributed by atoms with Crippen LogP contribution in [0.15, 0.2) is 24.3 Å². The molecule has 21 heavy (non-hydrogen) atoms. The summed E-state index contributed by atoms with van der Waals surface area (Å²) >= 11 is 5.85. The summed E-state index contributed by atoms with van der Waals surface area (Å²) < 4.78 is 0. The Hall–Kier alpha value is -1.30. The smallest absolute Gasteiger partial charge is 0.307 e. The van der Waals surface area contributed by atoms with Crippen LogP contribution in [0.2, 0.25) is 5.02 Å². The van der Waals surface area contributed by atoms with Gasteiger partial charge in [-0.2, -0.15) is 0 Å². The van der Waals surface area contributed by atoms with Crippen molar-refractivity contribution in [2.24, 2.45) is 5.92 Å². The SMILES string of the molecule is Cl.O=C(CN1CCCC(C(=O)O)C1)Nc1cccc(Cl)c1. The number of carbonyl (C=O) groups is 2. The standard InChI is InChI=1S/C14H17ClN2O3.ClH/c15-11-4-1-5-12(7-11)16-13(18)9-17-6-2-3-10(8-17)14(19)20;/h1,4-5,7,10H,2-3,6,8-9H2,(H,16,18)(H,19,20);1H. The molecule has 1 aliphatic rings. The average Bonchev–Trinajstić information content (AvgIpc) is 2.38. The number of halogens is 2. The van der Waals surface area contributed by atoms with Crippen LogP contribution in [-0.4, -0.2) is 41.5 Å². The molecule has 1 atom stereocenters. The number of benzene rings is 1. The van der Waals surface area contributed by atoms with Crippen LogP contribution in [0.3, 0.4) is 0 Å². The van der Waals surface area contributed by atoms with E-state index in [9.17, 15) is 9.59 Å². The Morgan fingerprint density at radius 2 is 2.19 bits per heavy atom. The lowest BCUT2D eigenvalue weighted by Gasteiger charge is -2.29. The maximum Gasteiger partial charge on any atom is 0.307 e. The first-order valence-corrected chi connectivity index (χ1v) is 6.93. The zero-order valence-corrected chi connectivity index (χ0v) is 13.0. The summed E-state index contributed by atoms with van der Waals surface area (Å²) in [6, 6.07) is 6.94. The molecule has 0 saturated carbocycles. The van der Waals surface area contributed by atoms with Crippen molar-refractivity contribution < 1.29 is 14.7 Å². The van der Waals surface area contributed by atoms with Crippen LogP contribution in [0.4, 0.5) is 5.69 Å². The van der Waals surface area contributed by atoms with E-state index in [1.807, 2.05) is 4.90 Å². The number of piperidine rings is 1. The number of nitrogens with zero attached hydrogens (tertiary/aromatic N) is 1. The van der Waals surface area contributed by atoms with E-state index in [2.05, 4.69) is 5.32 Å². The van der Waals surface area contributed by atoms with Crippen molar-refractivity contribution in [1.82, 2.24) is 4.90 Å². The van der Waals surface area contributed by atoms with E-state index in [0.717, 1.165) is 13.0 Å². The number of carboxylic acids is 1. The fourth-order valence-electron chi connectivity index (χ4n) is 2.37. The van der Waals surface area contributed by atoms with Gasteiger partial charge in [0.25, 0.3) is 0 Å². The molecule has 116 valence electrons. The number of carbonyl (C=O) groups excluding carboxylic acids is 1. The van der Waals surface area contributed by atoms with Crippen LogP contribution in [-0.2, 0) is 9.59 Å². The first-order valence-electron chi connectivity index (χ1n) is 6.55. The van der Waals surface area contributed by atoms with Crippen LogP contribution >= 0.6 is 24.0 Å². The van der Waals surface area contributed by atoms with Crippen molar-refractivity contribution in [2.75, 3.05) is 25.0 Å². The van der Waals surface area contributed by atoms with Crippen LogP contribution in [0.25, 0.3) is 0 Å². The quantitative estimate of drug-likeness (QED) is 0.888. The van der Waals surface area contributed by atoms with Crippen molar-refractivity contribution >= 4 is 41.6 Å². The predicted octanol–water partition coefficient (Wildman–Crippen LogP) is 2.50. The molecular weight excluding hydrogens is 315 g/mol. The van der Waals surface area contributed by atoms with E-state index >= 15 is 0 Å². The maximum absolute atomic E-state index is 11.9. The number of amides is 1. The number of hydrogen-bond donors (Lipinski definition) is 2. The molecule has 5 nitrogen and oxygen atoms in total. The summed E-state index contributed by atoms with van der Waals surface area (Å²) in [6.45, 7) is 1.39. The molecule has 1 unspecified atom stereocenters. The zero-order valence-electron chi connectivity index (χ0n) is 11.4. The van der Waals surface area contributed by atoms with Gasteiger partial charge >= 0.3 is 5.97 Å². The fourth-order valence-corrected chi connectivity index (χ4v) is 2.56. The molecular formula is C14H18Cl2N2O3. The number of anilines is 1. The maximum atomic E-state index is 11.9. The van der Waals surface area contributed by atoms with Crippen LogP contribution in [0.5, 0.6) is 0 Å². The van der Waals surface area contributed by atoms with Gasteiger partial charge in [-0.1, -0.05) is 17.7 Å². The number of likely N-dealkylation sites (tertiary alicyclic amines) is 1. The lowest BCUT2D eigenvalue weighted by atomic mass is 9.98. The van der Waals surface area contributed by atoms with Gasteiger partial charge in [-0.15, -0.1) is 12.4 Å². The van der Waals surface area contributed by atoms with Crippen LogP contribution in [0.1, 0.15) is 12.8 Å². The topological polar surface area (TPSA) is 69.6 Å². The molecule has 1 aromatic carbocycles. The molecule has 1 saturated heterocycles. The predicted molar refractivity (Wildman–Crippen MR) is 84.1 cm³/mol. The minimum Gasteiger partial charge on any atom is -0.481 e. The number of hydrogen-bond acceptors (Lipinski definition) is 3. The number of aliphatic carboxylic acids is 1. The first-order chi connectivity index (χ1) is 9.54.